The smallest absolute Gasteiger partial charge is 0.416 e. The molecule has 0 aliphatic heterocycles. The number of halogens is 3. The molecule has 0 radical (unpaired) electrons. The molecule has 2 N–H and O–H groups in total. The number of aryl methyl sites for hydroxylation is 1. The Bertz CT molecular complexity index is 1750. The van der Waals surface area contributed by atoms with Gasteiger partial charge in [-0.2, -0.15) is 18.3 Å². The Hall–Kier alpha value is -5.19. The van der Waals surface area contributed by atoms with Crippen molar-refractivity contribution >= 4 is 34.2 Å². The summed E-state index contributed by atoms with van der Waals surface area (Å²) in [5, 5.41) is 10.5. The number of rotatable bonds is 7. The number of alkyl halides is 3. The maximum atomic E-state index is 13.1. The van der Waals surface area contributed by atoms with Gasteiger partial charge in [0.05, 0.1) is 31.0 Å². The van der Waals surface area contributed by atoms with Crippen LogP contribution in [0.4, 0.5) is 24.5 Å². The summed E-state index contributed by atoms with van der Waals surface area (Å²) < 4.78 is 46.0. The minimum Gasteiger partial charge on any atom is -0.497 e. The van der Waals surface area contributed by atoms with E-state index in [4.69, 9.17) is 4.74 Å². The van der Waals surface area contributed by atoms with Crippen LogP contribution in [-0.4, -0.2) is 33.7 Å². The fourth-order valence-electron chi connectivity index (χ4n) is 4.18. The van der Waals surface area contributed by atoms with Gasteiger partial charge in [0.15, 0.2) is 5.65 Å². The van der Waals surface area contributed by atoms with Crippen molar-refractivity contribution in [2.45, 2.75) is 19.6 Å². The van der Waals surface area contributed by atoms with Crippen molar-refractivity contribution < 1.29 is 27.5 Å². The van der Waals surface area contributed by atoms with Crippen molar-refractivity contribution in [3.63, 3.8) is 0 Å². The van der Waals surface area contributed by atoms with E-state index in [0.717, 1.165) is 29.0 Å². The number of nitrogens with one attached hydrogen (secondary N) is 2. The highest BCUT2D eigenvalue weighted by molar-refractivity contribution is 6.07. The number of carbonyl (C=O) groups excluding carboxylic acids is 2. The van der Waals surface area contributed by atoms with E-state index in [9.17, 15) is 22.8 Å². The molecule has 0 bridgehead atoms. The number of hydrogen-bond donors (Lipinski definition) is 2. The van der Waals surface area contributed by atoms with Gasteiger partial charge in [-0.05, 0) is 66.6 Å². The molecule has 0 aliphatic carbocycles. The van der Waals surface area contributed by atoms with Crippen molar-refractivity contribution in [2.75, 3.05) is 17.7 Å². The van der Waals surface area contributed by atoms with E-state index in [2.05, 4.69) is 20.7 Å². The molecule has 2 heterocycles. The molecule has 3 aromatic carbocycles. The molecule has 11 heteroatoms. The highest BCUT2D eigenvalue weighted by Crippen LogP contribution is 2.30. The Morgan fingerprint density at radius 3 is 2.39 bits per heavy atom. The Labute approximate surface area is 232 Å². The number of nitrogens with zero attached hydrogens (tertiary/aromatic N) is 3. The van der Waals surface area contributed by atoms with Crippen molar-refractivity contribution in [1.82, 2.24) is 14.8 Å². The lowest BCUT2D eigenvalue weighted by Gasteiger charge is -2.13. The van der Waals surface area contributed by atoms with Crippen LogP contribution in [0, 0.1) is 6.92 Å². The summed E-state index contributed by atoms with van der Waals surface area (Å²) in [7, 11) is 1.61. The molecule has 0 aliphatic rings. The average molecular weight is 560 g/mol. The lowest BCUT2D eigenvalue weighted by Crippen LogP contribution is -2.16. The first-order valence-corrected chi connectivity index (χ1v) is 12.5. The number of amides is 2. The number of methoxy groups -OCH3 is 1. The lowest BCUT2D eigenvalue weighted by atomic mass is 10.1. The first-order valence-electron chi connectivity index (χ1n) is 12.5. The Balaban J connectivity index is 1.29. The van der Waals surface area contributed by atoms with E-state index in [-0.39, 0.29) is 5.56 Å². The van der Waals surface area contributed by atoms with Crippen molar-refractivity contribution in [3.05, 3.63) is 113 Å². The molecule has 5 rings (SSSR count). The van der Waals surface area contributed by atoms with E-state index in [0.29, 0.717) is 34.5 Å². The molecule has 2 amide bonds. The molecular formula is C30H24F3N5O3. The maximum Gasteiger partial charge on any atom is 0.416 e. The van der Waals surface area contributed by atoms with E-state index >= 15 is 0 Å². The number of carbonyl (C=O) groups is 2. The number of benzene rings is 3. The molecule has 41 heavy (non-hydrogen) atoms. The van der Waals surface area contributed by atoms with Crippen molar-refractivity contribution in [2.24, 2.45) is 0 Å². The SMILES string of the molecule is COc1ccc(Cn2ncc3cc(C(=O)Nc4cc(NC(=O)c5cccc(C(F)(F)F)c5)ccc4C)cnc32)cc1. The van der Waals surface area contributed by atoms with E-state index in [1.54, 1.807) is 43.1 Å². The van der Waals surface area contributed by atoms with Crippen LogP contribution >= 0.6 is 0 Å². The van der Waals surface area contributed by atoms with Crippen LogP contribution in [0.1, 0.15) is 37.4 Å². The number of ether oxygens (including phenoxy) is 1. The number of fused-ring (bicyclic) bond motifs is 1. The fraction of sp³-hybridized carbons (Fsp3) is 0.133. The largest absolute Gasteiger partial charge is 0.497 e. The molecule has 5 aromatic rings. The van der Waals surface area contributed by atoms with Crippen LogP contribution in [0.2, 0.25) is 0 Å². The van der Waals surface area contributed by atoms with Gasteiger partial charge < -0.3 is 15.4 Å². The average Bonchev–Trinajstić information content (AvgIpc) is 3.36. The van der Waals surface area contributed by atoms with Crippen LogP contribution < -0.4 is 15.4 Å². The molecule has 208 valence electrons. The number of pyridine rings is 1. The molecule has 0 saturated carbocycles. The maximum absolute atomic E-state index is 13.1. The van der Waals surface area contributed by atoms with Crippen molar-refractivity contribution in [1.29, 1.82) is 0 Å². The zero-order chi connectivity index (χ0) is 29.1. The second-order valence-electron chi connectivity index (χ2n) is 9.30. The molecular weight excluding hydrogens is 535 g/mol. The van der Waals surface area contributed by atoms with Gasteiger partial charge in [-0.25, -0.2) is 9.67 Å². The highest BCUT2D eigenvalue weighted by Gasteiger charge is 2.31. The Morgan fingerprint density at radius 2 is 1.66 bits per heavy atom. The van der Waals surface area contributed by atoms with Gasteiger partial charge >= 0.3 is 6.18 Å². The summed E-state index contributed by atoms with van der Waals surface area (Å²) >= 11 is 0. The van der Waals surface area contributed by atoms with E-state index < -0.39 is 23.6 Å². The van der Waals surface area contributed by atoms with Gasteiger partial charge in [0, 0.05) is 28.5 Å². The molecule has 0 fully saturated rings. The van der Waals surface area contributed by atoms with E-state index in [1.807, 2.05) is 24.3 Å². The number of hydrogen-bond acceptors (Lipinski definition) is 5. The molecule has 2 aromatic heterocycles. The second kappa shape index (κ2) is 11.1. The van der Waals surface area contributed by atoms with E-state index in [1.165, 1.54) is 24.4 Å². The third kappa shape index (κ3) is 6.19. The molecule has 0 spiro atoms. The van der Waals surface area contributed by atoms with Crippen LogP contribution in [0.5, 0.6) is 5.75 Å². The molecule has 0 unspecified atom stereocenters. The molecule has 0 atom stereocenters. The topological polar surface area (TPSA) is 98.1 Å². The minimum atomic E-state index is -4.56. The zero-order valence-corrected chi connectivity index (χ0v) is 22.0. The van der Waals surface area contributed by atoms with Gasteiger partial charge in [0.1, 0.15) is 5.75 Å². The molecule has 0 saturated heterocycles. The van der Waals surface area contributed by atoms with Gasteiger partial charge in [-0.1, -0.05) is 24.3 Å². The predicted octanol–water partition coefficient (Wildman–Crippen LogP) is 6.32. The first-order chi connectivity index (χ1) is 19.6. The van der Waals surface area contributed by atoms with Crippen LogP contribution in [0.15, 0.2) is 85.2 Å². The third-order valence-corrected chi connectivity index (χ3v) is 6.43. The summed E-state index contributed by atoms with van der Waals surface area (Å²) in [5.41, 5.74) is 2.32. The van der Waals surface area contributed by atoms with Crippen molar-refractivity contribution in [3.8, 4) is 5.75 Å². The quantitative estimate of drug-likeness (QED) is 0.243. The summed E-state index contributed by atoms with van der Waals surface area (Å²) in [6.45, 7) is 2.27. The highest BCUT2D eigenvalue weighted by atomic mass is 19.4. The van der Waals surface area contributed by atoms with Crippen LogP contribution in [0.25, 0.3) is 11.0 Å². The number of anilines is 2. The Kier molecular flexibility index (Phi) is 7.43. The summed E-state index contributed by atoms with van der Waals surface area (Å²) in [4.78, 5) is 30.1. The summed E-state index contributed by atoms with van der Waals surface area (Å²) in [6, 6.07) is 18.3. The first kappa shape index (κ1) is 27.4. The summed E-state index contributed by atoms with van der Waals surface area (Å²) in [6.07, 6.45) is -1.47. The van der Waals surface area contributed by atoms with Gasteiger partial charge in [0.2, 0.25) is 0 Å². The van der Waals surface area contributed by atoms with Gasteiger partial charge in [0.25, 0.3) is 11.8 Å². The fourth-order valence-corrected chi connectivity index (χ4v) is 4.18. The Morgan fingerprint density at radius 1 is 0.902 bits per heavy atom. The third-order valence-electron chi connectivity index (χ3n) is 6.43. The normalized spacial score (nSPS) is 11.3. The second-order valence-corrected chi connectivity index (χ2v) is 9.30. The zero-order valence-electron chi connectivity index (χ0n) is 22.0. The summed E-state index contributed by atoms with van der Waals surface area (Å²) in [5.74, 6) is -0.378. The predicted molar refractivity (Wildman–Crippen MR) is 148 cm³/mol. The van der Waals surface area contributed by atoms with Crippen LogP contribution in [-0.2, 0) is 12.7 Å². The number of aromatic nitrogens is 3. The molecule has 8 nitrogen and oxygen atoms in total. The van der Waals surface area contributed by atoms with Gasteiger partial charge in [-0.15, -0.1) is 0 Å². The monoisotopic (exact) mass is 559 g/mol. The van der Waals surface area contributed by atoms with Crippen LogP contribution in [0.3, 0.4) is 0 Å². The lowest BCUT2D eigenvalue weighted by molar-refractivity contribution is -0.137. The standard InChI is InChI=1S/C30H24F3N5O3/c1-18-6-9-24(36-28(39)20-4-3-5-23(13-20)30(31,32)33)14-26(18)37-29(40)22-12-21-16-35-38(27(21)34-15-22)17-19-7-10-25(41-2)11-8-19/h3-16H,17H2,1-2H3,(H,36,39)(H,37,40). The minimum absolute atomic E-state index is 0.141. The van der Waals surface area contributed by atoms with Gasteiger partial charge in [-0.3, -0.25) is 9.59 Å².